The molecule has 26 heavy (non-hydrogen) atoms. The van der Waals surface area contributed by atoms with Gasteiger partial charge in [-0.15, -0.1) is 0 Å². The molecule has 3 rings (SSSR count). The third-order valence-corrected chi connectivity index (χ3v) is 4.95. The summed E-state index contributed by atoms with van der Waals surface area (Å²) in [7, 11) is 1.57. The van der Waals surface area contributed by atoms with Crippen LogP contribution in [0.1, 0.15) is 22.8 Å². The minimum absolute atomic E-state index is 0.265. The Hall–Kier alpha value is -2.86. The number of imide groups is 1. The molecule has 0 aliphatic carbocycles. The van der Waals surface area contributed by atoms with E-state index in [0.29, 0.717) is 16.2 Å². The summed E-state index contributed by atoms with van der Waals surface area (Å²) in [6.45, 7) is 1.57. The molecule has 1 saturated heterocycles. The maximum atomic E-state index is 12.7. The number of methoxy groups -OCH3 is 1. The highest BCUT2D eigenvalue weighted by Gasteiger charge is 2.40. The van der Waals surface area contributed by atoms with Gasteiger partial charge in [-0.2, -0.15) is 0 Å². The van der Waals surface area contributed by atoms with Crippen molar-refractivity contribution < 1.29 is 19.1 Å². The number of carbonyl (C=O) groups is 3. The quantitative estimate of drug-likeness (QED) is 0.590. The molecule has 0 N–H and O–H groups in total. The number of benzene rings is 2. The normalized spacial score (nSPS) is 16.8. The van der Waals surface area contributed by atoms with E-state index in [1.165, 1.54) is 0 Å². The molecule has 6 heteroatoms. The van der Waals surface area contributed by atoms with E-state index >= 15 is 0 Å². The first-order valence-electron chi connectivity index (χ1n) is 8.01. The summed E-state index contributed by atoms with van der Waals surface area (Å²) in [6.07, 6.45) is 1.64. The molecule has 2 amide bonds. The highest BCUT2D eigenvalue weighted by atomic mass is 32.2. The van der Waals surface area contributed by atoms with Crippen molar-refractivity contribution in [3.8, 4) is 5.75 Å². The van der Waals surface area contributed by atoms with Crippen molar-refractivity contribution in [2.75, 3.05) is 7.11 Å². The van der Waals surface area contributed by atoms with Crippen LogP contribution >= 0.6 is 11.8 Å². The van der Waals surface area contributed by atoms with Crippen molar-refractivity contribution in [1.29, 1.82) is 0 Å². The van der Waals surface area contributed by atoms with Gasteiger partial charge in [-0.3, -0.25) is 19.3 Å². The van der Waals surface area contributed by atoms with Crippen LogP contribution in [-0.2, 0) is 4.79 Å². The van der Waals surface area contributed by atoms with E-state index in [0.717, 1.165) is 22.2 Å². The molecule has 0 saturated carbocycles. The molecule has 1 unspecified atom stereocenters. The average molecular weight is 367 g/mol. The van der Waals surface area contributed by atoms with Crippen LogP contribution in [0, 0.1) is 0 Å². The van der Waals surface area contributed by atoms with E-state index < -0.39 is 17.2 Å². The van der Waals surface area contributed by atoms with Crippen LogP contribution in [0.3, 0.4) is 0 Å². The molecule has 0 radical (unpaired) electrons. The van der Waals surface area contributed by atoms with Crippen molar-refractivity contribution in [3.05, 3.63) is 70.6 Å². The Balaban J connectivity index is 1.82. The van der Waals surface area contributed by atoms with Crippen molar-refractivity contribution in [2.45, 2.75) is 13.0 Å². The van der Waals surface area contributed by atoms with Crippen LogP contribution in [0.25, 0.3) is 6.08 Å². The molecule has 1 atom stereocenters. The van der Waals surface area contributed by atoms with E-state index in [4.69, 9.17) is 4.74 Å². The Labute approximate surface area is 155 Å². The Bertz CT molecular complexity index is 874. The Morgan fingerprint density at radius 1 is 1.08 bits per heavy atom. The minimum Gasteiger partial charge on any atom is -0.497 e. The van der Waals surface area contributed by atoms with Gasteiger partial charge in [-0.1, -0.05) is 42.5 Å². The number of rotatable bonds is 5. The fourth-order valence-corrected chi connectivity index (χ4v) is 3.53. The van der Waals surface area contributed by atoms with Crippen LogP contribution < -0.4 is 4.74 Å². The van der Waals surface area contributed by atoms with Gasteiger partial charge in [0.25, 0.3) is 11.1 Å². The van der Waals surface area contributed by atoms with Gasteiger partial charge in [0.2, 0.25) is 0 Å². The van der Waals surface area contributed by atoms with Crippen molar-refractivity contribution in [3.63, 3.8) is 0 Å². The Morgan fingerprint density at radius 2 is 1.73 bits per heavy atom. The number of carbonyl (C=O) groups excluding carboxylic acids is 3. The van der Waals surface area contributed by atoms with Gasteiger partial charge < -0.3 is 4.74 Å². The van der Waals surface area contributed by atoms with E-state index in [-0.39, 0.29) is 5.78 Å². The van der Waals surface area contributed by atoms with Crippen LogP contribution in [0.4, 0.5) is 4.79 Å². The molecule has 5 nitrogen and oxygen atoms in total. The molecule has 2 aromatic rings. The van der Waals surface area contributed by atoms with Crippen LogP contribution in [0.15, 0.2) is 59.5 Å². The van der Waals surface area contributed by atoms with Gasteiger partial charge in [-0.25, -0.2) is 0 Å². The summed E-state index contributed by atoms with van der Waals surface area (Å²) in [5, 5.41) is -0.438. The molecule has 1 aliphatic heterocycles. The zero-order valence-electron chi connectivity index (χ0n) is 14.3. The first kappa shape index (κ1) is 17.9. The van der Waals surface area contributed by atoms with Crippen LogP contribution in [-0.4, -0.2) is 35.0 Å². The molecule has 2 aromatic carbocycles. The van der Waals surface area contributed by atoms with E-state index in [1.54, 1.807) is 74.7 Å². The Kier molecular flexibility index (Phi) is 5.23. The number of hydrogen-bond acceptors (Lipinski definition) is 5. The van der Waals surface area contributed by atoms with E-state index in [2.05, 4.69) is 0 Å². The second-order valence-electron chi connectivity index (χ2n) is 5.73. The molecule has 0 aromatic heterocycles. The zero-order valence-corrected chi connectivity index (χ0v) is 15.2. The minimum atomic E-state index is -0.855. The first-order chi connectivity index (χ1) is 12.5. The molecule has 1 heterocycles. The molecule has 1 fully saturated rings. The van der Waals surface area contributed by atoms with Gasteiger partial charge in [0.15, 0.2) is 5.78 Å². The fraction of sp³-hybridized carbons (Fsp3) is 0.150. The van der Waals surface area contributed by atoms with E-state index in [9.17, 15) is 14.4 Å². The number of thioether (sulfide) groups is 1. The summed E-state index contributed by atoms with van der Waals surface area (Å²) in [5.41, 5.74) is 1.25. The number of ketones is 1. The first-order valence-corrected chi connectivity index (χ1v) is 8.83. The second-order valence-corrected chi connectivity index (χ2v) is 6.72. The second kappa shape index (κ2) is 7.58. The number of ether oxygens (including phenoxy) is 1. The molecular formula is C20H17NO4S. The predicted molar refractivity (Wildman–Crippen MR) is 101 cm³/mol. The lowest BCUT2D eigenvalue weighted by atomic mass is 10.0. The van der Waals surface area contributed by atoms with Crippen LogP contribution in [0.2, 0.25) is 0 Å². The topological polar surface area (TPSA) is 63.7 Å². The number of hydrogen-bond donors (Lipinski definition) is 0. The maximum absolute atomic E-state index is 12.7. The molecular weight excluding hydrogens is 350 g/mol. The predicted octanol–water partition coefficient (Wildman–Crippen LogP) is 4.00. The SMILES string of the molecule is COc1ccc(/C=C2\SC(=O)N(C(C)C(=O)c3ccccc3)C2=O)cc1. The van der Waals surface area contributed by atoms with Crippen molar-refractivity contribution in [1.82, 2.24) is 4.90 Å². The van der Waals surface area contributed by atoms with Gasteiger partial charge in [0, 0.05) is 5.56 Å². The summed E-state index contributed by atoms with van der Waals surface area (Å²) in [5.74, 6) is -0.0106. The van der Waals surface area contributed by atoms with Gasteiger partial charge in [-0.05, 0) is 42.5 Å². The highest BCUT2D eigenvalue weighted by molar-refractivity contribution is 8.18. The third-order valence-electron chi connectivity index (χ3n) is 4.06. The largest absolute Gasteiger partial charge is 0.497 e. The fourth-order valence-electron chi connectivity index (χ4n) is 2.63. The zero-order chi connectivity index (χ0) is 18.7. The molecule has 0 bridgehead atoms. The van der Waals surface area contributed by atoms with Crippen molar-refractivity contribution in [2.24, 2.45) is 0 Å². The lowest BCUT2D eigenvalue weighted by molar-refractivity contribution is -0.123. The lowest BCUT2D eigenvalue weighted by Gasteiger charge is -2.20. The smallest absolute Gasteiger partial charge is 0.294 e. The summed E-state index contributed by atoms with van der Waals surface area (Å²) in [4.78, 5) is 38.9. The molecule has 132 valence electrons. The summed E-state index contributed by atoms with van der Waals surface area (Å²) < 4.78 is 5.10. The van der Waals surface area contributed by atoms with E-state index in [1.807, 2.05) is 0 Å². The summed E-state index contributed by atoms with van der Waals surface area (Å²) in [6, 6.07) is 14.9. The number of Topliss-reactive ketones (excluding diaryl/α,β-unsaturated/α-hetero) is 1. The van der Waals surface area contributed by atoms with Gasteiger partial charge in [0.05, 0.1) is 12.0 Å². The Morgan fingerprint density at radius 3 is 2.35 bits per heavy atom. The number of nitrogens with zero attached hydrogens (tertiary/aromatic N) is 1. The highest BCUT2D eigenvalue weighted by Crippen LogP contribution is 2.34. The third kappa shape index (κ3) is 3.55. The lowest BCUT2D eigenvalue weighted by Crippen LogP contribution is -2.41. The van der Waals surface area contributed by atoms with Gasteiger partial charge in [0.1, 0.15) is 11.8 Å². The average Bonchev–Trinajstić information content (AvgIpc) is 2.95. The number of amides is 2. The molecule has 0 spiro atoms. The maximum Gasteiger partial charge on any atom is 0.294 e. The van der Waals surface area contributed by atoms with Crippen LogP contribution in [0.5, 0.6) is 5.75 Å². The monoisotopic (exact) mass is 367 g/mol. The molecule has 1 aliphatic rings. The summed E-state index contributed by atoms with van der Waals surface area (Å²) >= 11 is 0.843. The van der Waals surface area contributed by atoms with Crippen molar-refractivity contribution >= 4 is 34.8 Å². The van der Waals surface area contributed by atoms with Gasteiger partial charge >= 0.3 is 0 Å². The standard InChI is InChI=1S/C20H17NO4S/c1-13(18(22)15-6-4-3-5-7-15)21-19(23)17(26-20(21)24)12-14-8-10-16(25-2)11-9-14/h3-13H,1-2H3/b17-12-.